The van der Waals surface area contributed by atoms with Gasteiger partial charge in [0.2, 0.25) is 5.91 Å². The third kappa shape index (κ3) is 3.85. The Hall–Kier alpha value is -2.28. The number of carbonyl (C=O) groups is 1. The Labute approximate surface area is 126 Å². The number of hydrogen-bond donors (Lipinski definition) is 1. The Morgan fingerprint density at radius 2 is 2.24 bits per heavy atom. The van der Waals surface area contributed by atoms with E-state index < -0.39 is 4.92 Å². The lowest BCUT2D eigenvalue weighted by Gasteiger charge is -1.99. The number of carbonyl (C=O) groups excluding carboxylic acids is 1. The van der Waals surface area contributed by atoms with Crippen LogP contribution in [0, 0.1) is 17.0 Å². The highest BCUT2D eigenvalue weighted by Crippen LogP contribution is 2.26. The highest BCUT2D eigenvalue weighted by Gasteiger charge is 2.12. The van der Waals surface area contributed by atoms with Gasteiger partial charge in [-0.15, -0.1) is 11.3 Å². The Balaban J connectivity index is 2.18. The predicted octanol–water partition coefficient (Wildman–Crippen LogP) is 3.30. The third-order valence-electron chi connectivity index (χ3n) is 2.95. The van der Waals surface area contributed by atoms with Crippen molar-refractivity contribution >= 4 is 28.1 Å². The van der Waals surface area contributed by atoms with Crippen molar-refractivity contribution < 1.29 is 9.72 Å². The number of hydrogen-bond acceptors (Lipinski definition) is 5. The molecule has 0 fully saturated rings. The summed E-state index contributed by atoms with van der Waals surface area (Å²) in [5.41, 5.74) is 1.76. The van der Waals surface area contributed by atoms with Crippen LogP contribution in [-0.4, -0.2) is 15.8 Å². The van der Waals surface area contributed by atoms with Gasteiger partial charge in [0.15, 0.2) is 5.13 Å². The quantitative estimate of drug-likeness (QED) is 0.678. The molecule has 6 nitrogen and oxygen atoms in total. The van der Waals surface area contributed by atoms with Crippen LogP contribution >= 0.6 is 11.3 Å². The normalized spacial score (nSPS) is 10.4. The molecule has 0 bridgehead atoms. The number of rotatable bonds is 5. The molecule has 0 unspecified atom stereocenters. The molecule has 0 atom stereocenters. The Morgan fingerprint density at radius 1 is 1.48 bits per heavy atom. The van der Waals surface area contributed by atoms with Crippen molar-refractivity contribution in [1.29, 1.82) is 0 Å². The first-order valence-electron chi connectivity index (χ1n) is 6.49. The van der Waals surface area contributed by atoms with Crippen LogP contribution in [0.4, 0.5) is 10.8 Å². The fourth-order valence-electron chi connectivity index (χ4n) is 1.82. The lowest BCUT2D eigenvalue weighted by Crippen LogP contribution is -2.08. The molecule has 2 rings (SSSR count). The van der Waals surface area contributed by atoms with Gasteiger partial charge in [-0.3, -0.25) is 14.9 Å². The summed E-state index contributed by atoms with van der Waals surface area (Å²) in [6, 6.07) is 6.54. The minimum Gasteiger partial charge on any atom is -0.302 e. The monoisotopic (exact) mass is 305 g/mol. The molecule has 1 aromatic heterocycles. The van der Waals surface area contributed by atoms with Crippen molar-refractivity contribution in [1.82, 2.24) is 4.98 Å². The van der Waals surface area contributed by atoms with Gasteiger partial charge in [-0.05, 0) is 12.5 Å². The smallest absolute Gasteiger partial charge is 0.269 e. The molecule has 0 aliphatic carbocycles. The Bertz CT molecular complexity index is 682. The van der Waals surface area contributed by atoms with E-state index >= 15 is 0 Å². The molecule has 0 saturated heterocycles. The summed E-state index contributed by atoms with van der Waals surface area (Å²) >= 11 is 1.40. The zero-order chi connectivity index (χ0) is 15.4. The second-order valence-electron chi connectivity index (χ2n) is 4.53. The standard InChI is InChI=1S/C14H15N3O3S/c1-3-13(18)16-14-15-9(2)12(21-14)8-10-5-4-6-11(7-10)17(19)20/h4-7H,3,8H2,1-2H3,(H,15,16,18). The molecule has 1 N–H and O–H groups in total. The maximum Gasteiger partial charge on any atom is 0.269 e. The van der Waals surface area contributed by atoms with Crippen molar-refractivity contribution in [3.8, 4) is 0 Å². The van der Waals surface area contributed by atoms with E-state index in [1.54, 1.807) is 19.1 Å². The van der Waals surface area contributed by atoms with Gasteiger partial charge in [-0.2, -0.15) is 0 Å². The molecule has 1 aromatic carbocycles. The summed E-state index contributed by atoms with van der Waals surface area (Å²) in [5, 5.41) is 14.1. The van der Waals surface area contributed by atoms with Gasteiger partial charge in [0.25, 0.3) is 5.69 Å². The highest BCUT2D eigenvalue weighted by atomic mass is 32.1. The number of anilines is 1. The van der Waals surface area contributed by atoms with Gasteiger partial charge in [0, 0.05) is 29.9 Å². The second-order valence-corrected chi connectivity index (χ2v) is 5.62. The summed E-state index contributed by atoms with van der Waals surface area (Å²) in [7, 11) is 0. The van der Waals surface area contributed by atoms with Crippen LogP contribution in [-0.2, 0) is 11.2 Å². The van der Waals surface area contributed by atoms with Crippen LogP contribution in [0.2, 0.25) is 0 Å². The van der Waals surface area contributed by atoms with Gasteiger partial charge >= 0.3 is 0 Å². The summed E-state index contributed by atoms with van der Waals surface area (Å²) < 4.78 is 0. The van der Waals surface area contributed by atoms with Crippen molar-refractivity contribution in [3.63, 3.8) is 0 Å². The predicted molar refractivity (Wildman–Crippen MR) is 81.7 cm³/mol. The van der Waals surface area contributed by atoms with E-state index in [1.165, 1.54) is 17.4 Å². The zero-order valence-corrected chi connectivity index (χ0v) is 12.6. The van der Waals surface area contributed by atoms with Gasteiger partial charge in [-0.25, -0.2) is 4.98 Å². The topological polar surface area (TPSA) is 85.1 Å². The molecular formula is C14H15N3O3S. The van der Waals surface area contributed by atoms with E-state index in [0.717, 1.165) is 16.1 Å². The van der Waals surface area contributed by atoms with Crippen LogP contribution in [0.5, 0.6) is 0 Å². The Morgan fingerprint density at radius 3 is 2.90 bits per heavy atom. The molecule has 0 aliphatic rings. The first kappa shape index (κ1) is 15.1. The number of aryl methyl sites for hydroxylation is 1. The summed E-state index contributed by atoms with van der Waals surface area (Å²) in [4.78, 5) is 27.0. The summed E-state index contributed by atoms with van der Waals surface area (Å²) in [6.45, 7) is 3.64. The van der Waals surface area contributed by atoms with Gasteiger partial charge in [-0.1, -0.05) is 19.1 Å². The van der Waals surface area contributed by atoms with E-state index in [-0.39, 0.29) is 11.6 Å². The molecule has 1 amide bonds. The Kier molecular flexibility index (Phi) is 4.64. The second kappa shape index (κ2) is 6.45. The van der Waals surface area contributed by atoms with Crippen LogP contribution in [0.15, 0.2) is 24.3 Å². The van der Waals surface area contributed by atoms with Crippen molar-refractivity contribution in [3.05, 3.63) is 50.5 Å². The minimum absolute atomic E-state index is 0.0779. The molecule has 7 heteroatoms. The van der Waals surface area contributed by atoms with E-state index in [4.69, 9.17) is 0 Å². The van der Waals surface area contributed by atoms with Gasteiger partial charge in [0.05, 0.1) is 10.6 Å². The number of thiazole rings is 1. The van der Waals surface area contributed by atoms with E-state index in [9.17, 15) is 14.9 Å². The van der Waals surface area contributed by atoms with Crippen molar-refractivity contribution in [2.45, 2.75) is 26.7 Å². The first-order valence-corrected chi connectivity index (χ1v) is 7.30. The number of nitro groups is 1. The molecule has 21 heavy (non-hydrogen) atoms. The molecule has 0 radical (unpaired) electrons. The first-order chi connectivity index (χ1) is 9.99. The van der Waals surface area contributed by atoms with Crippen molar-refractivity contribution in [2.75, 3.05) is 5.32 Å². The highest BCUT2D eigenvalue weighted by molar-refractivity contribution is 7.15. The molecular weight excluding hydrogens is 290 g/mol. The number of nitrogens with one attached hydrogen (secondary N) is 1. The van der Waals surface area contributed by atoms with Crippen LogP contribution in [0.1, 0.15) is 29.5 Å². The summed E-state index contributed by atoms with van der Waals surface area (Å²) in [5.74, 6) is -0.0781. The van der Waals surface area contributed by atoms with Gasteiger partial charge in [0.1, 0.15) is 0 Å². The SMILES string of the molecule is CCC(=O)Nc1nc(C)c(Cc2cccc([N+](=O)[O-])c2)s1. The van der Waals surface area contributed by atoms with Crippen LogP contribution < -0.4 is 5.32 Å². The molecule has 110 valence electrons. The number of non-ortho nitro benzene ring substituents is 1. The number of aromatic nitrogens is 1. The lowest BCUT2D eigenvalue weighted by molar-refractivity contribution is -0.384. The fraction of sp³-hybridized carbons (Fsp3) is 0.286. The number of nitro benzene ring substituents is 1. The molecule has 1 heterocycles. The van der Waals surface area contributed by atoms with Crippen molar-refractivity contribution in [2.24, 2.45) is 0 Å². The average molecular weight is 305 g/mol. The maximum absolute atomic E-state index is 11.4. The average Bonchev–Trinajstić information content (AvgIpc) is 2.78. The third-order valence-corrected chi connectivity index (χ3v) is 4.02. The van der Waals surface area contributed by atoms with Gasteiger partial charge < -0.3 is 5.32 Å². The number of nitrogens with zero attached hydrogens (tertiary/aromatic N) is 2. The summed E-state index contributed by atoms with van der Waals surface area (Å²) in [6.07, 6.45) is 0.964. The maximum atomic E-state index is 11.4. The molecule has 2 aromatic rings. The van der Waals surface area contributed by atoms with Crippen LogP contribution in [0.25, 0.3) is 0 Å². The lowest BCUT2D eigenvalue weighted by atomic mass is 10.1. The number of benzene rings is 1. The fourth-order valence-corrected chi connectivity index (χ4v) is 2.83. The van der Waals surface area contributed by atoms with E-state index in [0.29, 0.717) is 18.0 Å². The molecule has 0 spiro atoms. The molecule has 0 aliphatic heterocycles. The minimum atomic E-state index is -0.407. The van der Waals surface area contributed by atoms with E-state index in [2.05, 4.69) is 10.3 Å². The van der Waals surface area contributed by atoms with E-state index in [1.807, 2.05) is 13.0 Å². The zero-order valence-electron chi connectivity index (χ0n) is 11.8. The number of amides is 1. The molecule has 0 saturated carbocycles. The van der Waals surface area contributed by atoms with Crippen LogP contribution in [0.3, 0.4) is 0 Å². The largest absolute Gasteiger partial charge is 0.302 e.